The van der Waals surface area contributed by atoms with Crippen LogP contribution in [0.5, 0.6) is 5.75 Å². The lowest BCUT2D eigenvalue weighted by Crippen LogP contribution is -2.39. The molecule has 1 heterocycles. The standard InChI is InChI=1S/C15H19NO3/c1-9-10(2)19-13-11(9)4-3-5-12(13)14(18)16-15(8-17)6-7-15/h3-5,9-10,17H,6-8H2,1-2H3,(H,16,18). The maximum atomic E-state index is 12.3. The van der Waals surface area contributed by atoms with Crippen molar-refractivity contribution >= 4 is 5.91 Å². The maximum Gasteiger partial charge on any atom is 0.255 e. The minimum atomic E-state index is -0.393. The van der Waals surface area contributed by atoms with Crippen LogP contribution >= 0.6 is 0 Å². The van der Waals surface area contributed by atoms with Crippen molar-refractivity contribution in [2.75, 3.05) is 6.61 Å². The van der Waals surface area contributed by atoms with Crippen molar-refractivity contribution in [3.63, 3.8) is 0 Å². The Morgan fingerprint density at radius 2 is 2.21 bits per heavy atom. The summed E-state index contributed by atoms with van der Waals surface area (Å²) in [5, 5.41) is 12.2. The van der Waals surface area contributed by atoms with Crippen LogP contribution in [0.25, 0.3) is 0 Å². The van der Waals surface area contributed by atoms with Crippen LogP contribution in [0.1, 0.15) is 48.5 Å². The van der Waals surface area contributed by atoms with E-state index in [0.29, 0.717) is 17.2 Å². The number of carbonyl (C=O) groups excluding carboxylic acids is 1. The lowest BCUT2D eigenvalue weighted by atomic mass is 9.96. The van der Waals surface area contributed by atoms with Gasteiger partial charge in [-0.2, -0.15) is 0 Å². The Hall–Kier alpha value is -1.55. The van der Waals surface area contributed by atoms with Crippen LogP contribution in [-0.4, -0.2) is 29.3 Å². The first-order valence-corrected chi connectivity index (χ1v) is 6.79. The Balaban J connectivity index is 1.88. The molecular weight excluding hydrogens is 242 g/mol. The van der Waals surface area contributed by atoms with Crippen LogP contribution in [-0.2, 0) is 0 Å². The molecule has 3 rings (SSSR count). The summed E-state index contributed by atoms with van der Waals surface area (Å²) in [6.07, 6.45) is 1.78. The average molecular weight is 261 g/mol. The van der Waals surface area contributed by atoms with Crippen molar-refractivity contribution in [3.8, 4) is 5.75 Å². The third-order valence-corrected chi connectivity index (χ3v) is 4.32. The second kappa shape index (κ2) is 4.23. The summed E-state index contributed by atoms with van der Waals surface area (Å²) in [6.45, 7) is 4.12. The molecule has 19 heavy (non-hydrogen) atoms. The van der Waals surface area contributed by atoms with Crippen molar-refractivity contribution < 1.29 is 14.6 Å². The summed E-state index contributed by atoms with van der Waals surface area (Å²) < 4.78 is 5.82. The van der Waals surface area contributed by atoms with Crippen molar-refractivity contribution in [1.82, 2.24) is 5.32 Å². The van der Waals surface area contributed by atoms with Gasteiger partial charge in [-0.25, -0.2) is 0 Å². The minimum absolute atomic E-state index is 0.00142. The van der Waals surface area contributed by atoms with Crippen molar-refractivity contribution in [1.29, 1.82) is 0 Å². The number of carbonyl (C=O) groups is 1. The Morgan fingerprint density at radius 1 is 1.47 bits per heavy atom. The van der Waals surface area contributed by atoms with E-state index in [9.17, 15) is 9.90 Å². The Kier molecular flexibility index (Phi) is 2.78. The van der Waals surface area contributed by atoms with Gasteiger partial charge in [0.15, 0.2) is 0 Å². The fraction of sp³-hybridized carbons (Fsp3) is 0.533. The normalized spacial score (nSPS) is 26.5. The molecule has 1 amide bonds. The summed E-state index contributed by atoms with van der Waals surface area (Å²) >= 11 is 0. The molecule has 1 aromatic carbocycles. The number of aliphatic hydroxyl groups is 1. The average Bonchev–Trinajstić information content (AvgIpc) is 3.12. The highest BCUT2D eigenvalue weighted by Crippen LogP contribution is 2.41. The molecule has 0 spiro atoms. The van der Waals surface area contributed by atoms with Gasteiger partial charge in [-0.05, 0) is 25.8 Å². The van der Waals surface area contributed by atoms with Gasteiger partial charge in [0.25, 0.3) is 5.91 Å². The number of rotatable bonds is 3. The van der Waals surface area contributed by atoms with Gasteiger partial charge in [0, 0.05) is 11.5 Å². The van der Waals surface area contributed by atoms with E-state index in [1.165, 1.54) is 0 Å². The summed E-state index contributed by atoms with van der Waals surface area (Å²) in [7, 11) is 0. The van der Waals surface area contributed by atoms with Crippen molar-refractivity contribution in [3.05, 3.63) is 29.3 Å². The Labute approximate surface area is 112 Å². The highest BCUT2D eigenvalue weighted by atomic mass is 16.5. The van der Waals surface area contributed by atoms with Crippen molar-refractivity contribution in [2.45, 2.75) is 44.2 Å². The monoisotopic (exact) mass is 261 g/mol. The van der Waals surface area contributed by atoms with Crippen LogP contribution in [0.15, 0.2) is 18.2 Å². The second-order valence-electron chi connectivity index (χ2n) is 5.73. The van der Waals surface area contributed by atoms with Gasteiger partial charge in [0.05, 0.1) is 17.7 Å². The molecule has 4 heteroatoms. The first kappa shape index (κ1) is 12.5. The van der Waals surface area contributed by atoms with E-state index in [2.05, 4.69) is 12.2 Å². The number of amides is 1. The third kappa shape index (κ3) is 2.00. The lowest BCUT2D eigenvalue weighted by Gasteiger charge is -2.15. The predicted molar refractivity (Wildman–Crippen MR) is 71.5 cm³/mol. The third-order valence-electron chi connectivity index (χ3n) is 4.32. The Morgan fingerprint density at radius 3 is 2.84 bits per heavy atom. The number of ether oxygens (including phenoxy) is 1. The topological polar surface area (TPSA) is 58.6 Å². The minimum Gasteiger partial charge on any atom is -0.489 e. The molecule has 0 aromatic heterocycles. The quantitative estimate of drug-likeness (QED) is 0.872. The van der Waals surface area contributed by atoms with E-state index < -0.39 is 5.54 Å². The molecule has 0 saturated heterocycles. The number of benzene rings is 1. The second-order valence-corrected chi connectivity index (χ2v) is 5.73. The first-order valence-electron chi connectivity index (χ1n) is 6.79. The summed E-state index contributed by atoms with van der Waals surface area (Å²) in [5.74, 6) is 0.855. The van der Waals surface area contributed by atoms with E-state index in [0.717, 1.165) is 18.4 Å². The molecule has 2 aliphatic rings. The number of hydrogen-bond donors (Lipinski definition) is 2. The highest BCUT2D eigenvalue weighted by molar-refractivity contribution is 5.98. The molecule has 1 aromatic rings. The van der Waals surface area contributed by atoms with Gasteiger partial charge < -0.3 is 15.2 Å². The zero-order chi connectivity index (χ0) is 13.6. The molecule has 1 fully saturated rings. The van der Waals surface area contributed by atoms with Crippen LogP contribution in [0.3, 0.4) is 0 Å². The molecule has 1 saturated carbocycles. The van der Waals surface area contributed by atoms with E-state index >= 15 is 0 Å². The molecule has 2 atom stereocenters. The molecule has 2 unspecified atom stereocenters. The number of para-hydroxylation sites is 1. The van der Waals surface area contributed by atoms with Crippen LogP contribution in [0, 0.1) is 0 Å². The van der Waals surface area contributed by atoms with E-state index in [1.54, 1.807) is 6.07 Å². The van der Waals surface area contributed by atoms with E-state index in [1.807, 2.05) is 19.1 Å². The van der Waals surface area contributed by atoms with Gasteiger partial charge in [0.2, 0.25) is 0 Å². The van der Waals surface area contributed by atoms with Crippen LogP contribution in [0.4, 0.5) is 0 Å². The number of aliphatic hydroxyl groups excluding tert-OH is 1. The molecule has 1 aliphatic heterocycles. The van der Waals surface area contributed by atoms with Gasteiger partial charge in [-0.1, -0.05) is 19.1 Å². The fourth-order valence-electron chi connectivity index (χ4n) is 2.55. The molecule has 1 aliphatic carbocycles. The van der Waals surface area contributed by atoms with Crippen molar-refractivity contribution in [2.24, 2.45) is 0 Å². The largest absolute Gasteiger partial charge is 0.489 e. The molecule has 0 radical (unpaired) electrons. The summed E-state index contributed by atoms with van der Waals surface area (Å²) in [4.78, 5) is 12.3. The SMILES string of the molecule is CC1Oc2c(C(=O)NC3(CO)CC3)cccc2C1C. The fourth-order valence-corrected chi connectivity index (χ4v) is 2.55. The van der Waals surface area contributed by atoms with Gasteiger partial charge in [-0.15, -0.1) is 0 Å². The highest BCUT2D eigenvalue weighted by Gasteiger charge is 2.44. The van der Waals surface area contributed by atoms with Crippen LogP contribution in [0.2, 0.25) is 0 Å². The molecular formula is C15H19NO3. The number of hydrogen-bond acceptors (Lipinski definition) is 3. The molecule has 2 N–H and O–H groups in total. The lowest BCUT2D eigenvalue weighted by molar-refractivity contribution is 0.0902. The van der Waals surface area contributed by atoms with Gasteiger partial charge in [0.1, 0.15) is 11.9 Å². The number of fused-ring (bicyclic) bond motifs is 1. The number of nitrogens with one attached hydrogen (secondary N) is 1. The smallest absolute Gasteiger partial charge is 0.255 e. The van der Waals surface area contributed by atoms with E-state index in [4.69, 9.17) is 4.74 Å². The summed E-state index contributed by atoms with van der Waals surface area (Å²) in [6, 6.07) is 5.69. The molecule has 0 bridgehead atoms. The molecule has 4 nitrogen and oxygen atoms in total. The maximum absolute atomic E-state index is 12.3. The molecule has 102 valence electrons. The first-order chi connectivity index (χ1) is 9.06. The van der Waals surface area contributed by atoms with Crippen LogP contribution < -0.4 is 10.1 Å². The predicted octanol–water partition coefficient (Wildman–Crippen LogP) is 1.83. The summed E-state index contributed by atoms with van der Waals surface area (Å²) in [5.41, 5.74) is 1.28. The zero-order valence-corrected chi connectivity index (χ0v) is 11.3. The van der Waals surface area contributed by atoms with Gasteiger partial charge in [-0.3, -0.25) is 4.79 Å². The Bertz CT molecular complexity index is 522. The van der Waals surface area contributed by atoms with E-state index in [-0.39, 0.29) is 18.6 Å². The van der Waals surface area contributed by atoms with Gasteiger partial charge >= 0.3 is 0 Å². The zero-order valence-electron chi connectivity index (χ0n) is 11.3.